The Labute approximate surface area is 180 Å². The number of hydrogen-bond acceptors (Lipinski definition) is 6. The normalized spacial score (nSPS) is 20.1. The zero-order valence-electron chi connectivity index (χ0n) is 17.0. The molecule has 32 heavy (non-hydrogen) atoms. The summed E-state index contributed by atoms with van der Waals surface area (Å²) in [4.78, 5) is 23.2. The van der Waals surface area contributed by atoms with Gasteiger partial charge in [0, 0.05) is 24.2 Å². The fourth-order valence-electron chi connectivity index (χ4n) is 4.32. The van der Waals surface area contributed by atoms with E-state index in [2.05, 4.69) is 25.5 Å². The first-order valence-electron chi connectivity index (χ1n) is 10.1. The van der Waals surface area contributed by atoms with Crippen LogP contribution in [0.2, 0.25) is 0 Å². The zero-order chi connectivity index (χ0) is 22.5. The van der Waals surface area contributed by atoms with Gasteiger partial charge in [0.1, 0.15) is 17.5 Å². The molecule has 1 fully saturated rings. The summed E-state index contributed by atoms with van der Waals surface area (Å²) in [5.41, 5.74) is 1.54. The minimum atomic E-state index is -4.43. The summed E-state index contributed by atoms with van der Waals surface area (Å²) in [6, 6.07) is 5.68. The first-order valence-corrected chi connectivity index (χ1v) is 10.1. The standard InChI is InChI=1S/C21H19F3N7O/c1-12-2-4-16(31-26-6-7-27-31)19(28-12)20(32)30-11-13-8-15(17(30)9-13)29-18-5-3-14(10-25-18)21(22,23)24/h2-7,10,13,15H,8-9,11H2,1H3,(H,25,29)/q+1. The number of halogens is 3. The molecule has 1 aliphatic heterocycles. The van der Waals surface area contributed by atoms with Crippen molar-refractivity contribution in [2.45, 2.75) is 32.0 Å². The summed E-state index contributed by atoms with van der Waals surface area (Å²) in [6.07, 6.45) is 0.957. The summed E-state index contributed by atoms with van der Waals surface area (Å²) in [6.45, 7) is 2.38. The molecule has 1 saturated carbocycles. The Hall–Kier alpha value is -3.63. The van der Waals surface area contributed by atoms with Crippen LogP contribution in [0.1, 0.15) is 34.6 Å². The van der Waals surface area contributed by atoms with E-state index in [4.69, 9.17) is 0 Å². The molecule has 2 aliphatic rings. The van der Waals surface area contributed by atoms with Crippen LogP contribution in [0.3, 0.4) is 0 Å². The minimum absolute atomic E-state index is 0.182. The molecule has 2 atom stereocenters. The van der Waals surface area contributed by atoms with Crippen LogP contribution in [-0.4, -0.2) is 53.7 Å². The number of alkyl halides is 3. The highest BCUT2D eigenvalue weighted by Crippen LogP contribution is 2.33. The van der Waals surface area contributed by atoms with E-state index in [0.717, 1.165) is 30.8 Å². The van der Waals surface area contributed by atoms with E-state index in [1.54, 1.807) is 23.6 Å². The van der Waals surface area contributed by atoms with Crippen molar-refractivity contribution < 1.29 is 22.5 Å². The van der Waals surface area contributed by atoms with Gasteiger partial charge >= 0.3 is 12.1 Å². The molecule has 1 amide bonds. The third-order valence-electron chi connectivity index (χ3n) is 5.76. The van der Waals surface area contributed by atoms with Gasteiger partial charge in [-0.25, -0.2) is 14.8 Å². The molecule has 4 heterocycles. The van der Waals surface area contributed by atoms with Crippen molar-refractivity contribution in [2.75, 3.05) is 11.9 Å². The first-order chi connectivity index (χ1) is 15.3. The fourth-order valence-corrected chi connectivity index (χ4v) is 4.32. The van der Waals surface area contributed by atoms with Crippen molar-refractivity contribution in [1.29, 1.82) is 0 Å². The third-order valence-corrected chi connectivity index (χ3v) is 5.76. The largest absolute Gasteiger partial charge is 0.440 e. The predicted octanol–water partition coefficient (Wildman–Crippen LogP) is 2.88. The van der Waals surface area contributed by atoms with Crippen LogP contribution in [0, 0.1) is 12.8 Å². The van der Waals surface area contributed by atoms with Gasteiger partial charge in [0.15, 0.2) is 12.3 Å². The first kappa shape index (κ1) is 20.3. The van der Waals surface area contributed by atoms with Crippen molar-refractivity contribution >= 4 is 17.4 Å². The molecule has 0 spiro atoms. The van der Waals surface area contributed by atoms with Gasteiger partial charge in [-0.1, -0.05) is 0 Å². The third kappa shape index (κ3) is 3.63. The van der Waals surface area contributed by atoms with Crippen molar-refractivity contribution in [1.82, 2.24) is 25.0 Å². The Kier molecular flexibility index (Phi) is 4.75. The quantitative estimate of drug-likeness (QED) is 0.625. The molecule has 1 aliphatic carbocycles. The number of amides is 1. The average molecular weight is 442 g/mol. The molecule has 5 rings (SSSR count). The van der Waals surface area contributed by atoms with Gasteiger partial charge in [-0.3, -0.25) is 0 Å². The van der Waals surface area contributed by atoms with Crippen molar-refractivity contribution in [3.05, 3.63) is 59.8 Å². The Balaban J connectivity index is 1.43. The zero-order valence-corrected chi connectivity index (χ0v) is 17.0. The molecule has 0 radical (unpaired) electrons. The maximum atomic E-state index is 13.5. The van der Waals surface area contributed by atoms with Gasteiger partial charge in [0.25, 0.3) is 0 Å². The van der Waals surface area contributed by atoms with E-state index in [-0.39, 0.29) is 23.6 Å². The van der Waals surface area contributed by atoms with Crippen LogP contribution in [0.4, 0.5) is 19.0 Å². The van der Waals surface area contributed by atoms with E-state index in [1.165, 1.54) is 23.3 Å². The van der Waals surface area contributed by atoms with Crippen LogP contribution in [0.25, 0.3) is 5.69 Å². The lowest BCUT2D eigenvalue weighted by Crippen LogP contribution is -2.39. The molecule has 3 aromatic heterocycles. The number of rotatable bonds is 4. The van der Waals surface area contributed by atoms with Gasteiger partial charge in [-0.15, -0.1) is 4.80 Å². The second-order valence-corrected chi connectivity index (χ2v) is 7.98. The molecule has 2 bridgehead atoms. The number of hydrogen-bond donors (Lipinski definition) is 1. The maximum absolute atomic E-state index is 13.5. The van der Waals surface area contributed by atoms with Gasteiger partial charge in [-0.2, -0.15) is 27.9 Å². The number of anilines is 1. The number of carbonyl (C=O) groups is 1. The average Bonchev–Trinajstić information content (AvgIpc) is 3.50. The lowest BCUT2D eigenvalue weighted by atomic mass is 10.1. The molecule has 0 aromatic carbocycles. The van der Waals surface area contributed by atoms with Crippen molar-refractivity contribution in [2.24, 2.45) is 5.92 Å². The molecule has 164 valence electrons. The Morgan fingerprint density at radius 3 is 2.62 bits per heavy atom. The van der Waals surface area contributed by atoms with E-state index in [9.17, 15) is 18.0 Å². The summed E-state index contributed by atoms with van der Waals surface area (Å²) in [7, 11) is 0. The second-order valence-electron chi connectivity index (χ2n) is 7.98. The molecule has 11 heteroatoms. The minimum Gasteiger partial charge on any atom is -0.358 e. The number of aromatic nitrogens is 5. The molecule has 8 nitrogen and oxygen atoms in total. The predicted molar refractivity (Wildman–Crippen MR) is 108 cm³/mol. The fraction of sp³-hybridized carbons (Fsp3) is 0.333. The molecule has 3 aromatic rings. The number of nitrogens with one attached hydrogen (secondary N) is 1. The summed E-state index contributed by atoms with van der Waals surface area (Å²) < 4.78 is 40.1. The van der Waals surface area contributed by atoms with Crippen molar-refractivity contribution in [3.63, 3.8) is 0 Å². The smallest absolute Gasteiger partial charge is 0.358 e. The van der Waals surface area contributed by atoms with Crippen LogP contribution >= 0.6 is 0 Å². The monoisotopic (exact) mass is 442 g/mol. The number of aryl methyl sites for hydroxylation is 1. The summed E-state index contributed by atoms with van der Waals surface area (Å²) in [5.74, 6) is 0.368. The highest BCUT2D eigenvalue weighted by atomic mass is 19.4. The van der Waals surface area contributed by atoms with Crippen LogP contribution in [0.5, 0.6) is 0 Å². The van der Waals surface area contributed by atoms with Crippen LogP contribution in [-0.2, 0) is 6.18 Å². The number of carbonyl (C=O) groups excluding carboxylic acids is 1. The number of nitrogens with zero attached hydrogens (tertiary/aromatic N) is 6. The lowest BCUT2D eigenvalue weighted by Gasteiger charge is -2.18. The van der Waals surface area contributed by atoms with Crippen molar-refractivity contribution in [3.8, 4) is 5.69 Å². The molecule has 1 N–H and O–H groups in total. The van der Waals surface area contributed by atoms with Gasteiger partial charge in [0.05, 0.1) is 18.0 Å². The highest BCUT2D eigenvalue weighted by molar-refractivity contribution is 5.99. The van der Waals surface area contributed by atoms with Crippen LogP contribution < -0.4 is 5.32 Å². The Morgan fingerprint density at radius 2 is 1.97 bits per heavy atom. The van der Waals surface area contributed by atoms with Gasteiger partial charge < -0.3 is 5.32 Å². The molecule has 0 saturated heterocycles. The highest BCUT2D eigenvalue weighted by Gasteiger charge is 2.48. The Bertz CT molecular complexity index is 1200. The Morgan fingerprint density at radius 1 is 1.19 bits per heavy atom. The van der Waals surface area contributed by atoms with E-state index in [1.807, 2.05) is 0 Å². The van der Waals surface area contributed by atoms with E-state index >= 15 is 0 Å². The van der Waals surface area contributed by atoms with E-state index in [0.29, 0.717) is 23.7 Å². The number of fused-ring (bicyclic) bond motifs is 2. The van der Waals surface area contributed by atoms with Gasteiger partial charge in [0.2, 0.25) is 5.69 Å². The topological polar surface area (TPSA) is 88.6 Å². The second kappa shape index (κ2) is 7.50. The number of pyridine rings is 2. The van der Waals surface area contributed by atoms with E-state index < -0.39 is 11.7 Å². The summed E-state index contributed by atoms with van der Waals surface area (Å²) in [5, 5.41) is 11.4. The van der Waals surface area contributed by atoms with Gasteiger partial charge in [-0.05, 0) is 37.6 Å². The molecular weight excluding hydrogens is 423 g/mol. The summed E-state index contributed by atoms with van der Waals surface area (Å²) >= 11 is 0. The van der Waals surface area contributed by atoms with Crippen LogP contribution in [0.15, 0.2) is 42.9 Å². The maximum Gasteiger partial charge on any atom is 0.440 e. The molecular formula is C21H19F3N7O+. The molecule has 2 unspecified atom stereocenters. The SMILES string of the molecule is Cc1ccc(-n2nccn2)c(C(=O)[N+]2=C3CC(CC3Nc3ccc(C(F)(F)F)cn3)C2)n1. The lowest BCUT2D eigenvalue weighted by molar-refractivity contribution is -0.431.